The summed E-state index contributed by atoms with van der Waals surface area (Å²) < 4.78 is 5.43. The Balaban J connectivity index is 3.56. The third-order valence-corrected chi connectivity index (χ3v) is 11.5. The smallest absolute Gasteiger partial charge is 0.305 e. The van der Waals surface area contributed by atoms with E-state index >= 15 is 0 Å². The van der Waals surface area contributed by atoms with Crippen LogP contribution in [0.1, 0.15) is 264 Å². The van der Waals surface area contributed by atoms with Gasteiger partial charge in [0.2, 0.25) is 5.91 Å². The van der Waals surface area contributed by atoms with E-state index in [1.165, 1.54) is 154 Å². The molecule has 0 rings (SSSR count). The molecule has 336 valence electrons. The number of unbranched alkanes of at least 4 members (excludes halogenated alkanes) is 33. The highest BCUT2D eigenvalue weighted by molar-refractivity contribution is 5.76. The van der Waals surface area contributed by atoms with Gasteiger partial charge in [-0.1, -0.05) is 218 Å². The van der Waals surface area contributed by atoms with E-state index < -0.39 is 12.1 Å². The number of esters is 1. The molecule has 0 heterocycles. The molecule has 0 aliphatic rings. The number of aliphatic hydroxyl groups is 2. The standard InChI is InChI=1S/C51H97NO5/c1-3-5-7-9-11-13-15-17-18-19-21-23-27-31-35-39-43-49(54)48(47-53)52-50(55)44-40-36-32-28-24-22-26-30-34-38-42-46-57-51(56)45-41-37-33-29-25-20-16-14-12-10-8-6-4-2/h26,30,39,43,48-49,53-54H,3-25,27-29,31-38,40-42,44-47H2,1-2H3,(H,52,55)/b30-26-,43-39+. The number of carbonyl (C=O) groups is 2. The van der Waals surface area contributed by atoms with E-state index in [-0.39, 0.29) is 18.5 Å². The van der Waals surface area contributed by atoms with Crippen LogP contribution in [0.25, 0.3) is 0 Å². The lowest BCUT2D eigenvalue weighted by Gasteiger charge is -2.20. The van der Waals surface area contributed by atoms with E-state index in [1.54, 1.807) is 6.08 Å². The summed E-state index contributed by atoms with van der Waals surface area (Å²) in [5, 5.41) is 23.0. The minimum Gasteiger partial charge on any atom is -0.466 e. The van der Waals surface area contributed by atoms with Gasteiger partial charge in [0.15, 0.2) is 0 Å². The lowest BCUT2D eigenvalue weighted by atomic mass is 10.0. The lowest BCUT2D eigenvalue weighted by molar-refractivity contribution is -0.143. The van der Waals surface area contributed by atoms with Gasteiger partial charge < -0.3 is 20.3 Å². The zero-order chi connectivity index (χ0) is 41.5. The molecule has 2 atom stereocenters. The van der Waals surface area contributed by atoms with Crippen LogP contribution in [0.3, 0.4) is 0 Å². The summed E-state index contributed by atoms with van der Waals surface area (Å²) in [5.41, 5.74) is 0. The molecule has 6 nitrogen and oxygen atoms in total. The maximum atomic E-state index is 12.4. The average molecular weight is 804 g/mol. The number of ether oxygens (including phenoxy) is 1. The summed E-state index contributed by atoms with van der Waals surface area (Å²) in [6.07, 6.45) is 54.6. The number of aliphatic hydroxyl groups excluding tert-OH is 2. The molecule has 0 saturated heterocycles. The first-order valence-electron chi connectivity index (χ1n) is 25.1. The van der Waals surface area contributed by atoms with Gasteiger partial charge in [-0.15, -0.1) is 0 Å². The summed E-state index contributed by atoms with van der Waals surface area (Å²) in [4.78, 5) is 24.4. The fourth-order valence-corrected chi connectivity index (χ4v) is 7.57. The highest BCUT2D eigenvalue weighted by Gasteiger charge is 2.18. The maximum Gasteiger partial charge on any atom is 0.305 e. The van der Waals surface area contributed by atoms with Crippen LogP contribution in [-0.4, -0.2) is 47.4 Å². The zero-order valence-corrected chi connectivity index (χ0v) is 38.1. The Morgan fingerprint density at radius 3 is 1.25 bits per heavy atom. The average Bonchev–Trinajstić information content (AvgIpc) is 3.21. The molecular formula is C51H97NO5. The van der Waals surface area contributed by atoms with Crippen molar-refractivity contribution in [1.29, 1.82) is 0 Å². The van der Waals surface area contributed by atoms with Crippen LogP contribution < -0.4 is 5.32 Å². The van der Waals surface area contributed by atoms with Crippen molar-refractivity contribution in [2.75, 3.05) is 13.2 Å². The Hall–Kier alpha value is -1.66. The Kier molecular flexibility index (Phi) is 45.7. The van der Waals surface area contributed by atoms with Gasteiger partial charge in [0.1, 0.15) is 0 Å². The molecule has 57 heavy (non-hydrogen) atoms. The second kappa shape index (κ2) is 47.0. The van der Waals surface area contributed by atoms with Crippen molar-refractivity contribution in [3.05, 3.63) is 24.3 Å². The molecule has 0 radical (unpaired) electrons. The molecule has 1 amide bonds. The quantitative estimate of drug-likeness (QED) is 0.0324. The number of rotatable bonds is 46. The predicted molar refractivity (Wildman–Crippen MR) is 246 cm³/mol. The van der Waals surface area contributed by atoms with Crippen molar-refractivity contribution in [2.24, 2.45) is 0 Å². The first-order chi connectivity index (χ1) is 28.0. The number of allylic oxidation sites excluding steroid dienone is 3. The molecule has 0 bridgehead atoms. The summed E-state index contributed by atoms with van der Waals surface area (Å²) in [6.45, 7) is 4.82. The molecule has 6 heteroatoms. The van der Waals surface area contributed by atoms with Crippen molar-refractivity contribution >= 4 is 11.9 Å². The number of carbonyl (C=O) groups excluding carboxylic acids is 2. The van der Waals surface area contributed by atoms with E-state index in [9.17, 15) is 19.8 Å². The van der Waals surface area contributed by atoms with Gasteiger partial charge in [-0.25, -0.2) is 0 Å². The van der Waals surface area contributed by atoms with Crippen molar-refractivity contribution < 1.29 is 24.5 Å². The molecule has 0 fully saturated rings. The van der Waals surface area contributed by atoms with Crippen molar-refractivity contribution in [2.45, 2.75) is 276 Å². The van der Waals surface area contributed by atoms with E-state index in [0.717, 1.165) is 83.5 Å². The van der Waals surface area contributed by atoms with Crippen LogP contribution in [-0.2, 0) is 14.3 Å². The van der Waals surface area contributed by atoms with E-state index in [0.29, 0.717) is 19.4 Å². The molecule has 0 saturated carbocycles. The summed E-state index contributed by atoms with van der Waals surface area (Å²) >= 11 is 0. The van der Waals surface area contributed by atoms with Crippen LogP contribution in [0.5, 0.6) is 0 Å². The highest BCUT2D eigenvalue weighted by Crippen LogP contribution is 2.15. The largest absolute Gasteiger partial charge is 0.466 e. The second-order valence-electron chi connectivity index (χ2n) is 17.1. The van der Waals surface area contributed by atoms with Gasteiger partial charge in [0.05, 0.1) is 25.4 Å². The minimum absolute atomic E-state index is 0.0317. The van der Waals surface area contributed by atoms with Crippen LogP contribution in [0.4, 0.5) is 0 Å². The van der Waals surface area contributed by atoms with Gasteiger partial charge in [-0.2, -0.15) is 0 Å². The molecule has 0 spiro atoms. The second-order valence-corrected chi connectivity index (χ2v) is 17.1. The molecule has 0 aliphatic carbocycles. The van der Waals surface area contributed by atoms with Crippen molar-refractivity contribution in [1.82, 2.24) is 5.32 Å². The fourth-order valence-electron chi connectivity index (χ4n) is 7.57. The topological polar surface area (TPSA) is 95.9 Å². The zero-order valence-electron chi connectivity index (χ0n) is 38.1. The van der Waals surface area contributed by atoms with E-state index in [1.807, 2.05) is 6.08 Å². The fraction of sp³-hybridized carbons (Fsp3) is 0.882. The SMILES string of the molecule is CCCCCCCCCCCCCCCC/C=C/C(O)C(CO)NC(=O)CCCCCCC/C=C\CCCCOC(=O)CCCCCCCCCCCCCCC. The minimum atomic E-state index is -0.861. The number of amides is 1. The Morgan fingerprint density at radius 2 is 0.825 bits per heavy atom. The molecule has 0 aliphatic heterocycles. The molecule has 0 aromatic heterocycles. The van der Waals surface area contributed by atoms with Gasteiger partial charge in [-0.05, 0) is 57.8 Å². The molecule has 3 N–H and O–H groups in total. The monoisotopic (exact) mass is 804 g/mol. The Labute approximate surface area is 354 Å². The third kappa shape index (κ3) is 43.7. The molecule has 2 unspecified atom stereocenters. The first-order valence-corrected chi connectivity index (χ1v) is 25.1. The first kappa shape index (κ1) is 55.3. The number of hydrogen-bond donors (Lipinski definition) is 3. The van der Waals surface area contributed by atoms with Crippen LogP contribution >= 0.6 is 0 Å². The van der Waals surface area contributed by atoms with Crippen molar-refractivity contribution in [3.63, 3.8) is 0 Å². The summed E-state index contributed by atoms with van der Waals surface area (Å²) in [7, 11) is 0. The van der Waals surface area contributed by atoms with Crippen LogP contribution in [0, 0.1) is 0 Å². The summed E-state index contributed by atoms with van der Waals surface area (Å²) in [6, 6.07) is -0.648. The van der Waals surface area contributed by atoms with Crippen LogP contribution in [0.15, 0.2) is 24.3 Å². The Morgan fingerprint density at radius 1 is 0.474 bits per heavy atom. The molecular weight excluding hydrogens is 707 g/mol. The predicted octanol–water partition coefficient (Wildman–Crippen LogP) is 14.7. The van der Waals surface area contributed by atoms with Gasteiger partial charge in [0.25, 0.3) is 0 Å². The normalized spacial score (nSPS) is 12.8. The lowest BCUT2D eigenvalue weighted by Crippen LogP contribution is -2.45. The van der Waals surface area contributed by atoms with E-state index in [4.69, 9.17) is 4.74 Å². The highest BCUT2D eigenvalue weighted by atomic mass is 16.5. The van der Waals surface area contributed by atoms with Crippen molar-refractivity contribution in [3.8, 4) is 0 Å². The van der Waals surface area contributed by atoms with E-state index in [2.05, 4.69) is 31.3 Å². The molecule has 0 aromatic rings. The van der Waals surface area contributed by atoms with Gasteiger partial charge >= 0.3 is 5.97 Å². The third-order valence-electron chi connectivity index (χ3n) is 11.5. The Bertz CT molecular complexity index is 889. The molecule has 0 aromatic carbocycles. The van der Waals surface area contributed by atoms with Gasteiger partial charge in [-0.3, -0.25) is 9.59 Å². The summed E-state index contributed by atoms with van der Waals surface area (Å²) in [5.74, 6) is -0.128. The van der Waals surface area contributed by atoms with Crippen LogP contribution in [0.2, 0.25) is 0 Å². The number of nitrogens with one attached hydrogen (secondary N) is 1. The number of hydrogen-bond acceptors (Lipinski definition) is 5. The maximum absolute atomic E-state index is 12.4. The van der Waals surface area contributed by atoms with Gasteiger partial charge in [0, 0.05) is 12.8 Å².